The number of hydrogen-bond acceptors (Lipinski definition) is 4. The number of hydrogen-bond donors (Lipinski definition) is 2. The molecule has 1 amide bonds. The van der Waals surface area contributed by atoms with Crippen LogP contribution in [0.15, 0.2) is 0 Å². The van der Waals surface area contributed by atoms with Crippen LogP contribution in [0.5, 0.6) is 0 Å². The molecule has 0 aliphatic heterocycles. The molecule has 0 fully saturated rings. The lowest BCUT2D eigenvalue weighted by molar-refractivity contribution is -0.120. The summed E-state index contributed by atoms with van der Waals surface area (Å²) in [6, 6.07) is 0.153. The molecule has 5 nitrogen and oxygen atoms in total. The van der Waals surface area contributed by atoms with E-state index in [0.717, 1.165) is 19.6 Å². The van der Waals surface area contributed by atoms with Gasteiger partial charge in [-0.1, -0.05) is 13.8 Å². The van der Waals surface area contributed by atoms with Gasteiger partial charge in [0.25, 0.3) is 0 Å². The minimum Gasteiger partial charge on any atom is -0.368 e. The molecule has 0 spiro atoms. The van der Waals surface area contributed by atoms with Crippen LogP contribution in [0.4, 0.5) is 0 Å². The first kappa shape index (κ1) is 16.4. The van der Waals surface area contributed by atoms with E-state index in [-0.39, 0.29) is 11.9 Å². The lowest BCUT2D eigenvalue weighted by Crippen LogP contribution is -2.52. The summed E-state index contributed by atoms with van der Waals surface area (Å²) in [5.74, 6) is -0.276. The second-order valence-corrected chi connectivity index (χ2v) is 4.71. The van der Waals surface area contributed by atoms with Crippen LogP contribution in [0, 0.1) is 0 Å². The highest BCUT2D eigenvalue weighted by Gasteiger charge is 2.21. The van der Waals surface area contributed by atoms with E-state index in [9.17, 15) is 4.79 Å². The Balaban J connectivity index is 4.38. The molecule has 0 saturated heterocycles. The summed E-state index contributed by atoms with van der Waals surface area (Å²) in [6.07, 6.45) is 0. The summed E-state index contributed by atoms with van der Waals surface area (Å²) in [7, 11) is 4.11. The Morgan fingerprint density at radius 2 is 1.88 bits per heavy atom. The van der Waals surface area contributed by atoms with Crippen molar-refractivity contribution in [2.75, 3.05) is 40.3 Å². The van der Waals surface area contributed by atoms with Crippen molar-refractivity contribution < 1.29 is 4.79 Å². The fraction of sp³-hybridized carbons (Fsp3) is 0.917. The van der Waals surface area contributed by atoms with E-state index in [1.165, 1.54) is 0 Å². The van der Waals surface area contributed by atoms with Gasteiger partial charge in [0.1, 0.15) is 0 Å². The predicted molar refractivity (Wildman–Crippen MR) is 71.9 cm³/mol. The third kappa shape index (κ3) is 6.61. The molecule has 102 valence electrons. The molecule has 5 heteroatoms. The highest BCUT2D eigenvalue weighted by Crippen LogP contribution is 2.02. The Morgan fingerprint density at radius 1 is 1.29 bits per heavy atom. The van der Waals surface area contributed by atoms with Gasteiger partial charge >= 0.3 is 0 Å². The third-order valence-electron chi connectivity index (χ3n) is 2.87. The van der Waals surface area contributed by atoms with Crippen LogP contribution >= 0.6 is 0 Å². The van der Waals surface area contributed by atoms with Crippen LogP contribution in [0.1, 0.15) is 20.8 Å². The number of carbonyl (C=O) groups excluding carboxylic acids is 1. The van der Waals surface area contributed by atoms with Gasteiger partial charge in [-0.3, -0.25) is 9.69 Å². The molecule has 3 N–H and O–H groups in total. The van der Waals surface area contributed by atoms with Gasteiger partial charge in [-0.15, -0.1) is 0 Å². The number of amides is 1. The molecule has 0 saturated carbocycles. The molecular weight excluding hydrogens is 216 g/mol. The van der Waals surface area contributed by atoms with E-state index in [1.807, 2.05) is 6.92 Å². The van der Waals surface area contributed by atoms with E-state index in [1.54, 1.807) is 0 Å². The van der Waals surface area contributed by atoms with E-state index >= 15 is 0 Å². The van der Waals surface area contributed by atoms with Crippen molar-refractivity contribution >= 4 is 5.91 Å². The molecule has 2 unspecified atom stereocenters. The number of primary amides is 1. The second-order valence-electron chi connectivity index (χ2n) is 4.71. The summed E-state index contributed by atoms with van der Waals surface area (Å²) in [5, 5.41) is 3.13. The Morgan fingerprint density at radius 3 is 2.24 bits per heavy atom. The van der Waals surface area contributed by atoms with Crippen LogP contribution in [0.2, 0.25) is 0 Å². The van der Waals surface area contributed by atoms with Gasteiger partial charge in [-0.2, -0.15) is 0 Å². The minimum atomic E-state index is -0.276. The van der Waals surface area contributed by atoms with Crippen LogP contribution in [-0.4, -0.2) is 68.1 Å². The first-order valence-electron chi connectivity index (χ1n) is 6.33. The summed E-state index contributed by atoms with van der Waals surface area (Å²) in [5.41, 5.74) is 5.39. The predicted octanol–water partition coefficient (Wildman–Crippen LogP) is -0.278. The normalized spacial score (nSPS) is 15.2. The summed E-state index contributed by atoms with van der Waals surface area (Å²) >= 11 is 0. The molecule has 0 heterocycles. The van der Waals surface area contributed by atoms with Gasteiger partial charge < -0.3 is 16.0 Å². The fourth-order valence-electron chi connectivity index (χ4n) is 2.00. The van der Waals surface area contributed by atoms with Crippen molar-refractivity contribution in [2.24, 2.45) is 5.73 Å². The van der Waals surface area contributed by atoms with Gasteiger partial charge in [-0.05, 0) is 34.1 Å². The van der Waals surface area contributed by atoms with Crippen molar-refractivity contribution in [3.8, 4) is 0 Å². The van der Waals surface area contributed by atoms with Crippen LogP contribution < -0.4 is 11.1 Å². The monoisotopic (exact) mass is 244 g/mol. The molecule has 2 atom stereocenters. The zero-order valence-electron chi connectivity index (χ0n) is 11.9. The summed E-state index contributed by atoms with van der Waals surface area (Å²) < 4.78 is 0. The second kappa shape index (κ2) is 8.44. The topological polar surface area (TPSA) is 61.6 Å². The van der Waals surface area contributed by atoms with Gasteiger partial charge in [-0.25, -0.2) is 0 Å². The number of carbonyl (C=O) groups is 1. The Labute approximate surface area is 105 Å². The molecule has 0 radical (unpaired) electrons. The number of nitrogens with zero attached hydrogens (tertiary/aromatic N) is 2. The Bertz CT molecular complexity index is 221. The first-order valence-corrected chi connectivity index (χ1v) is 6.33. The van der Waals surface area contributed by atoms with Gasteiger partial charge in [0.2, 0.25) is 5.91 Å². The molecule has 0 rings (SSSR count). The van der Waals surface area contributed by atoms with E-state index in [4.69, 9.17) is 5.73 Å². The van der Waals surface area contributed by atoms with Crippen molar-refractivity contribution in [3.63, 3.8) is 0 Å². The molecule has 17 heavy (non-hydrogen) atoms. The molecular formula is C12H28N4O. The Hall–Kier alpha value is -0.650. The highest BCUT2D eigenvalue weighted by molar-refractivity contribution is 5.80. The molecule has 0 aromatic heterocycles. The maximum atomic E-state index is 11.3. The lowest BCUT2D eigenvalue weighted by atomic mass is 10.2. The maximum absolute atomic E-state index is 11.3. The average molecular weight is 244 g/mol. The van der Waals surface area contributed by atoms with Crippen LogP contribution in [0.3, 0.4) is 0 Å². The third-order valence-corrected chi connectivity index (χ3v) is 2.87. The van der Waals surface area contributed by atoms with Gasteiger partial charge in [0.05, 0.1) is 6.04 Å². The van der Waals surface area contributed by atoms with Gasteiger partial charge in [0.15, 0.2) is 0 Å². The molecule has 0 bridgehead atoms. The van der Waals surface area contributed by atoms with E-state index in [0.29, 0.717) is 12.6 Å². The van der Waals surface area contributed by atoms with Gasteiger partial charge in [0, 0.05) is 19.1 Å². The van der Waals surface area contributed by atoms with Crippen molar-refractivity contribution in [1.29, 1.82) is 0 Å². The zero-order valence-corrected chi connectivity index (χ0v) is 11.9. The maximum Gasteiger partial charge on any atom is 0.235 e. The summed E-state index contributed by atoms with van der Waals surface area (Å²) in [6.45, 7) is 9.59. The first-order chi connectivity index (χ1) is 7.92. The number of rotatable bonds is 9. The standard InChI is InChI=1S/C12H28N4O/c1-6-14-11(12(13)17)9-16(7-2)10(3)8-15(4)5/h10-11,14H,6-9H2,1-5H3,(H2,13,17). The SMILES string of the molecule is CCNC(CN(CC)C(C)CN(C)C)C(N)=O. The average Bonchev–Trinajstić information content (AvgIpc) is 2.22. The summed E-state index contributed by atoms with van der Waals surface area (Å²) in [4.78, 5) is 15.7. The smallest absolute Gasteiger partial charge is 0.235 e. The van der Waals surface area contributed by atoms with Crippen molar-refractivity contribution in [2.45, 2.75) is 32.9 Å². The molecule has 0 aliphatic carbocycles. The van der Waals surface area contributed by atoms with Crippen LogP contribution in [-0.2, 0) is 4.79 Å². The Kier molecular flexibility index (Phi) is 8.12. The number of nitrogens with two attached hydrogens (primary N) is 1. The fourth-order valence-corrected chi connectivity index (χ4v) is 2.00. The minimum absolute atomic E-state index is 0.260. The lowest BCUT2D eigenvalue weighted by Gasteiger charge is -2.32. The molecule has 0 aromatic rings. The van der Waals surface area contributed by atoms with E-state index < -0.39 is 0 Å². The largest absolute Gasteiger partial charge is 0.368 e. The molecule has 0 aliphatic rings. The number of nitrogens with one attached hydrogen (secondary N) is 1. The highest BCUT2D eigenvalue weighted by atomic mass is 16.1. The zero-order chi connectivity index (χ0) is 13.4. The van der Waals surface area contributed by atoms with Crippen LogP contribution in [0.25, 0.3) is 0 Å². The number of likely N-dealkylation sites (N-methyl/N-ethyl adjacent to an activating group) is 3. The van der Waals surface area contributed by atoms with Crippen molar-refractivity contribution in [1.82, 2.24) is 15.1 Å². The molecule has 0 aromatic carbocycles. The quantitative estimate of drug-likeness (QED) is 0.586. The van der Waals surface area contributed by atoms with E-state index in [2.05, 4.69) is 43.1 Å². The van der Waals surface area contributed by atoms with Crippen molar-refractivity contribution in [3.05, 3.63) is 0 Å².